The van der Waals surface area contributed by atoms with Gasteiger partial charge in [0.05, 0.1) is 4.90 Å². The molecule has 6 nitrogen and oxygen atoms in total. The number of nitrogens with one attached hydrogen (secondary N) is 2. The summed E-state index contributed by atoms with van der Waals surface area (Å²) in [7, 11) is -3.56. The largest absolute Gasteiger partial charge is 0.254 e. The third kappa shape index (κ3) is 4.26. The minimum absolute atomic E-state index is 0.125. The normalized spacial score (nSPS) is 22.1. The van der Waals surface area contributed by atoms with Crippen LogP contribution in [-0.4, -0.2) is 34.9 Å². The predicted octanol–water partition coefficient (Wildman–Crippen LogP) is 2.84. The third-order valence-electron chi connectivity index (χ3n) is 3.79. The zero-order chi connectivity index (χ0) is 16.3. The van der Waals surface area contributed by atoms with Crippen LogP contribution < -0.4 is 4.72 Å². The van der Waals surface area contributed by atoms with Crippen LogP contribution in [0.2, 0.25) is 5.02 Å². The minimum atomic E-state index is -3.56. The van der Waals surface area contributed by atoms with Crippen LogP contribution in [0.4, 0.5) is 0 Å². The lowest BCUT2D eigenvalue weighted by Gasteiger charge is -2.30. The number of thioether (sulfide) groups is 1. The van der Waals surface area contributed by atoms with Gasteiger partial charge in [-0.05, 0) is 37.1 Å². The van der Waals surface area contributed by atoms with Crippen molar-refractivity contribution in [2.75, 3.05) is 0 Å². The second-order valence-electron chi connectivity index (χ2n) is 5.41. The highest BCUT2D eigenvalue weighted by Crippen LogP contribution is 2.32. The van der Waals surface area contributed by atoms with Gasteiger partial charge < -0.3 is 0 Å². The molecule has 3 rings (SSSR count). The van der Waals surface area contributed by atoms with Gasteiger partial charge in [0.1, 0.15) is 6.33 Å². The summed E-state index contributed by atoms with van der Waals surface area (Å²) in [6.07, 6.45) is 5.32. The van der Waals surface area contributed by atoms with Crippen molar-refractivity contribution in [2.45, 2.75) is 47.0 Å². The van der Waals surface area contributed by atoms with Crippen molar-refractivity contribution in [3.05, 3.63) is 35.6 Å². The second kappa shape index (κ2) is 7.21. The van der Waals surface area contributed by atoms with E-state index in [0.29, 0.717) is 10.2 Å². The first-order valence-electron chi connectivity index (χ1n) is 7.34. The van der Waals surface area contributed by atoms with Crippen LogP contribution in [0, 0.1) is 0 Å². The molecule has 2 aromatic rings. The van der Waals surface area contributed by atoms with Crippen molar-refractivity contribution in [3.63, 3.8) is 0 Å². The summed E-state index contributed by atoms with van der Waals surface area (Å²) < 4.78 is 28.0. The Morgan fingerprint density at radius 2 is 1.96 bits per heavy atom. The van der Waals surface area contributed by atoms with Gasteiger partial charge in [-0.2, -0.15) is 5.10 Å². The highest BCUT2D eigenvalue weighted by atomic mass is 35.5. The number of rotatable bonds is 5. The number of aromatic amines is 1. The van der Waals surface area contributed by atoms with Crippen LogP contribution in [0.15, 0.2) is 40.6 Å². The predicted molar refractivity (Wildman–Crippen MR) is 90.1 cm³/mol. The molecule has 1 aromatic carbocycles. The topological polar surface area (TPSA) is 87.7 Å². The summed E-state index contributed by atoms with van der Waals surface area (Å²) in [5.74, 6) is 0. The Balaban J connectivity index is 1.74. The number of benzene rings is 1. The zero-order valence-corrected chi connectivity index (χ0v) is 14.7. The van der Waals surface area contributed by atoms with E-state index in [-0.39, 0.29) is 16.2 Å². The standard InChI is InChI=1S/C14H17ClN4O2S2/c15-10-5-7-11(8-6-10)23(20,21)19-12-3-1-2-4-13(12)22-14-16-9-17-18-14/h5-9,12-13,19H,1-4H2,(H,16,17,18)/t12-,13-/m0/s1. The van der Waals surface area contributed by atoms with E-state index in [4.69, 9.17) is 11.6 Å². The van der Waals surface area contributed by atoms with E-state index >= 15 is 0 Å². The Hall–Kier alpha value is -1.09. The Morgan fingerprint density at radius 3 is 2.65 bits per heavy atom. The van der Waals surface area contributed by atoms with Crippen LogP contribution in [0.5, 0.6) is 0 Å². The van der Waals surface area contributed by atoms with Crippen molar-refractivity contribution in [3.8, 4) is 0 Å². The van der Waals surface area contributed by atoms with Crippen molar-refractivity contribution in [1.29, 1.82) is 0 Å². The monoisotopic (exact) mass is 372 g/mol. The van der Waals surface area contributed by atoms with Gasteiger partial charge in [0.25, 0.3) is 0 Å². The quantitative estimate of drug-likeness (QED) is 0.842. The molecule has 124 valence electrons. The minimum Gasteiger partial charge on any atom is -0.254 e. The Bertz CT molecular complexity index is 735. The maximum absolute atomic E-state index is 12.6. The fraction of sp³-hybridized carbons (Fsp3) is 0.429. The smallest absolute Gasteiger partial charge is 0.240 e. The SMILES string of the molecule is O=S(=O)(N[C@H]1CCCC[C@@H]1Sc1ncn[nH]1)c1ccc(Cl)cc1. The highest BCUT2D eigenvalue weighted by molar-refractivity contribution is 7.99. The van der Waals surface area contributed by atoms with Crippen LogP contribution in [0.3, 0.4) is 0 Å². The summed E-state index contributed by atoms with van der Waals surface area (Å²) in [5.41, 5.74) is 0. The van der Waals surface area contributed by atoms with Crippen molar-refractivity contribution >= 4 is 33.4 Å². The molecule has 1 saturated carbocycles. The summed E-state index contributed by atoms with van der Waals surface area (Å²) in [5, 5.41) is 8.02. The van der Waals surface area contributed by atoms with Crippen LogP contribution in [-0.2, 0) is 10.0 Å². The van der Waals surface area contributed by atoms with Crippen LogP contribution >= 0.6 is 23.4 Å². The van der Waals surface area contributed by atoms with Crippen molar-refractivity contribution in [1.82, 2.24) is 19.9 Å². The third-order valence-corrected chi connectivity index (χ3v) is 6.83. The molecule has 2 atom stereocenters. The van der Waals surface area contributed by atoms with E-state index in [1.165, 1.54) is 18.5 Å². The Labute approximate surface area is 144 Å². The molecular formula is C14H17ClN4O2S2. The maximum atomic E-state index is 12.6. The molecule has 0 aliphatic heterocycles. The van der Waals surface area contributed by atoms with Gasteiger partial charge in [-0.3, -0.25) is 5.10 Å². The zero-order valence-electron chi connectivity index (χ0n) is 12.3. The van der Waals surface area contributed by atoms with E-state index in [2.05, 4.69) is 19.9 Å². The first kappa shape index (κ1) is 16.8. The average Bonchev–Trinajstić information content (AvgIpc) is 3.02. The van der Waals surface area contributed by atoms with E-state index in [9.17, 15) is 8.42 Å². The van der Waals surface area contributed by atoms with E-state index in [0.717, 1.165) is 25.7 Å². The summed E-state index contributed by atoms with van der Waals surface area (Å²) in [6.45, 7) is 0. The molecule has 0 saturated heterocycles. The number of hydrogen-bond acceptors (Lipinski definition) is 5. The number of hydrogen-bond donors (Lipinski definition) is 2. The van der Waals surface area contributed by atoms with Crippen molar-refractivity contribution in [2.24, 2.45) is 0 Å². The molecule has 1 aliphatic carbocycles. The first-order valence-corrected chi connectivity index (χ1v) is 10.1. The van der Waals surface area contributed by atoms with Gasteiger partial charge in [0.2, 0.25) is 10.0 Å². The molecule has 1 fully saturated rings. The lowest BCUT2D eigenvalue weighted by Crippen LogP contribution is -2.43. The average molecular weight is 373 g/mol. The Kier molecular flexibility index (Phi) is 5.25. The molecule has 1 aromatic heterocycles. The molecule has 0 amide bonds. The fourth-order valence-corrected chi connectivity index (χ4v) is 5.32. The van der Waals surface area contributed by atoms with Gasteiger partial charge in [0.15, 0.2) is 5.16 Å². The molecule has 0 spiro atoms. The molecule has 9 heteroatoms. The number of aromatic nitrogens is 3. The molecule has 1 heterocycles. The van der Waals surface area contributed by atoms with Gasteiger partial charge in [-0.25, -0.2) is 18.1 Å². The molecular weight excluding hydrogens is 356 g/mol. The van der Waals surface area contributed by atoms with Gasteiger partial charge in [0, 0.05) is 16.3 Å². The van der Waals surface area contributed by atoms with Crippen LogP contribution in [0.25, 0.3) is 0 Å². The van der Waals surface area contributed by atoms with Crippen molar-refractivity contribution < 1.29 is 8.42 Å². The summed E-state index contributed by atoms with van der Waals surface area (Å²) >= 11 is 7.36. The lowest BCUT2D eigenvalue weighted by molar-refractivity contribution is 0.422. The second-order valence-corrected chi connectivity index (χ2v) is 8.79. The highest BCUT2D eigenvalue weighted by Gasteiger charge is 2.30. The first-order chi connectivity index (χ1) is 11.0. The maximum Gasteiger partial charge on any atom is 0.240 e. The molecule has 23 heavy (non-hydrogen) atoms. The summed E-state index contributed by atoms with van der Waals surface area (Å²) in [4.78, 5) is 4.35. The van der Waals surface area contributed by atoms with Gasteiger partial charge in [-0.1, -0.05) is 36.2 Å². The van der Waals surface area contributed by atoms with Gasteiger partial charge in [-0.15, -0.1) is 0 Å². The number of sulfonamides is 1. The molecule has 0 bridgehead atoms. The van der Waals surface area contributed by atoms with E-state index in [1.807, 2.05) is 0 Å². The van der Waals surface area contributed by atoms with E-state index < -0.39 is 10.0 Å². The molecule has 1 aliphatic rings. The number of nitrogens with zero attached hydrogens (tertiary/aromatic N) is 2. The molecule has 2 N–H and O–H groups in total. The summed E-state index contributed by atoms with van der Waals surface area (Å²) in [6, 6.07) is 6.08. The lowest BCUT2D eigenvalue weighted by atomic mass is 9.96. The molecule has 0 radical (unpaired) electrons. The van der Waals surface area contributed by atoms with Crippen LogP contribution in [0.1, 0.15) is 25.7 Å². The fourth-order valence-electron chi connectivity index (χ4n) is 2.65. The number of halogens is 1. The van der Waals surface area contributed by atoms with E-state index in [1.54, 1.807) is 23.9 Å². The number of H-pyrrole nitrogens is 1. The Morgan fingerprint density at radius 1 is 1.22 bits per heavy atom. The van der Waals surface area contributed by atoms with Gasteiger partial charge >= 0.3 is 0 Å². The molecule has 0 unspecified atom stereocenters.